The van der Waals surface area contributed by atoms with E-state index in [0.717, 1.165) is 36.0 Å². The number of piperidine rings is 1. The number of fused-ring (bicyclic) bond motifs is 1. The Morgan fingerprint density at radius 3 is 2.93 bits per heavy atom. The molecule has 2 N–H and O–H groups in total. The summed E-state index contributed by atoms with van der Waals surface area (Å²) < 4.78 is 2.08. The zero-order chi connectivity index (χ0) is 20.5. The average Bonchev–Trinajstić information content (AvgIpc) is 3.07. The van der Waals surface area contributed by atoms with E-state index in [4.69, 9.17) is 5.26 Å². The van der Waals surface area contributed by atoms with Crippen molar-refractivity contribution in [3.8, 4) is 6.07 Å². The number of pyridine rings is 1. The molecule has 0 unspecified atom stereocenters. The maximum atomic E-state index is 12.7. The lowest BCUT2D eigenvalue weighted by atomic mass is 9.86. The van der Waals surface area contributed by atoms with E-state index in [-0.39, 0.29) is 18.3 Å². The molecule has 1 saturated heterocycles. The van der Waals surface area contributed by atoms with Gasteiger partial charge in [0.2, 0.25) is 0 Å². The number of carbonyl (C=O) groups excluding carboxylic acids is 1. The van der Waals surface area contributed by atoms with Crippen molar-refractivity contribution in [2.24, 2.45) is 7.05 Å². The predicted molar refractivity (Wildman–Crippen MR) is 121 cm³/mol. The molecule has 1 fully saturated rings. The lowest BCUT2D eigenvalue weighted by molar-refractivity contribution is 0.102. The second kappa shape index (κ2) is 8.86. The topological polar surface area (TPSA) is 82.7 Å². The molecule has 0 radical (unpaired) electrons. The minimum Gasteiger partial charge on any atom is -0.335 e. The number of carbonyl (C=O) groups is 1. The molecular formula is C23H26ClN5O. The van der Waals surface area contributed by atoms with Crippen LogP contribution in [0.15, 0.2) is 36.7 Å². The Morgan fingerprint density at radius 2 is 2.20 bits per heavy atom. The molecule has 2 aromatic heterocycles. The summed E-state index contributed by atoms with van der Waals surface area (Å²) in [5, 5.41) is 16.7. The van der Waals surface area contributed by atoms with Crippen LogP contribution in [0.2, 0.25) is 0 Å². The number of nitrogens with zero attached hydrogens (tertiary/aromatic N) is 3. The molecule has 1 aromatic carbocycles. The van der Waals surface area contributed by atoms with Gasteiger partial charge in [-0.25, -0.2) is 4.98 Å². The summed E-state index contributed by atoms with van der Waals surface area (Å²) in [6, 6.07) is 9.28. The summed E-state index contributed by atoms with van der Waals surface area (Å²) in [5.41, 5.74) is 4.91. The first-order valence-electron chi connectivity index (χ1n) is 9.97. The summed E-state index contributed by atoms with van der Waals surface area (Å²) in [6.45, 7) is 5.28. The third-order valence-electron chi connectivity index (χ3n) is 5.84. The van der Waals surface area contributed by atoms with E-state index in [1.807, 2.05) is 14.0 Å². The fraction of sp³-hybridized carbons (Fsp3) is 0.348. The third-order valence-corrected chi connectivity index (χ3v) is 5.84. The van der Waals surface area contributed by atoms with Crippen molar-refractivity contribution < 1.29 is 4.79 Å². The molecule has 3 aromatic rings. The van der Waals surface area contributed by atoms with Gasteiger partial charge in [-0.3, -0.25) is 4.79 Å². The van der Waals surface area contributed by atoms with Crippen molar-refractivity contribution >= 4 is 35.0 Å². The van der Waals surface area contributed by atoms with E-state index in [2.05, 4.69) is 39.4 Å². The molecule has 4 rings (SSSR count). The van der Waals surface area contributed by atoms with Crippen LogP contribution in [0, 0.1) is 18.3 Å². The van der Waals surface area contributed by atoms with Gasteiger partial charge in [-0.2, -0.15) is 5.26 Å². The second-order valence-electron chi connectivity index (χ2n) is 7.91. The van der Waals surface area contributed by atoms with Crippen LogP contribution in [0.1, 0.15) is 52.7 Å². The monoisotopic (exact) mass is 423 g/mol. The predicted octanol–water partition coefficient (Wildman–Crippen LogP) is 4.28. The molecule has 0 aliphatic carbocycles. The van der Waals surface area contributed by atoms with Crippen LogP contribution in [-0.4, -0.2) is 28.0 Å². The van der Waals surface area contributed by atoms with Crippen LogP contribution in [0.25, 0.3) is 11.0 Å². The number of hydrogen-bond donors (Lipinski definition) is 2. The van der Waals surface area contributed by atoms with Gasteiger partial charge < -0.3 is 15.2 Å². The standard InChI is InChI=1S/C23H25N5O.ClH/c1-14-9-17(7-8-25-14)19-13-28(3)22-21(19)15(2)20(12-26-22)27-23(29)18-6-4-5-16(10-18)11-24;/h4-6,10,12-14,17,25H,7-9H2,1-3H3,(H,27,29);1H/t14-,17-;/m1./s1. The van der Waals surface area contributed by atoms with Crippen LogP contribution < -0.4 is 10.6 Å². The number of amides is 1. The number of rotatable bonds is 3. The minimum atomic E-state index is -0.237. The van der Waals surface area contributed by atoms with E-state index in [0.29, 0.717) is 28.8 Å². The number of anilines is 1. The number of nitrogens with one attached hydrogen (secondary N) is 2. The fourth-order valence-corrected chi connectivity index (χ4v) is 4.31. The van der Waals surface area contributed by atoms with Crippen LogP contribution in [0.5, 0.6) is 0 Å². The molecule has 7 heteroatoms. The Labute approximate surface area is 182 Å². The number of aryl methyl sites for hydroxylation is 2. The molecule has 156 valence electrons. The summed E-state index contributed by atoms with van der Waals surface area (Å²) in [4.78, 5) is 17.4. The Bertz CT molecular complexity index is 1130. The number of benzene rings is 1. The molecule has 2 atom stereocenters. The Kier molecular flexibility index (Phi) is 6.45. The highest BCUT2D eigenvalue weighted by molar-refractivity contribution is 6.06. The smallest absolute Gasteiger partial charge is 0.255 e. The van der Waals surface area contributed by atoms with Crippen LogP contribution in [0.4, 0.5) is 5.69 Å². The SMILES string of the molecule is Cc1c(NC(=O)c2cccc(C#N)c2)cnc2c1c([C@@H]1CCN[C@H](C)C1)cn2C.Cl. The first-order valence-corrected chi connectivity index (χ1v) is 9.97. The van der Waals surface area contributed by atoms with Gasteiger partial charge in [0.15, 0.2) is 0 Å². The summed E-state index contributed by atoms with van der Waals surface area (Å²) in [7, 11) is 2.02. The molecule has 1 aliphatic rings. The average molecular weight is 424 g/mol. The zero-order valence-electron chi connectivity index (χ0n) is 17.4. The number of hydrogen-bond acceptors (Lipinski definition) is 4. The minimum absolute atomic E-state index is 0. The van der Waals surface area contributed by atoms with Crippen LogP contribution in [-0.2, 0) is 7.05 Å². The van der Waals surface area contributed by atoms with Crippen molar-refractivity contribution in [3.63, 3.8) is 0 Å². The molecule has 0 bridgehead atoms. The fourth-order valence-electron chi connectivity index (χ4n) is 4.31. The molecule has 30 heavy (non-hydrogen) atoms. The molecule has 1 aliphatic heterocycles. The van der Waals surface area contributed by atoms with Crippen LogP contribution >= 0.6 is 12.4 Å². The van der Waals surface area contributed by atoms with Crippen molar-refractivity contribution in [2.45, 2.75) is 38.6 Å². The Hall–Kier alpha value is -2.88. The first-order chi connectivity index (χ1) is 14.0. The van der Waals surface area contributed by atoms with Gasteiger partial charge in [-0.05, 0) is 68.5 Å². The van der Waals surface area contributed by atoms with Gasteiger partial charge in [0.05, 0.1) is 23.5 Å². The van der Waals surface area contributed by atoms with E-state index in [1.165, 1.54) is 5.56 Å². The maximum Gasteiger partial charge on any atom is 0.255 e. The van der Waals surface area contributed by atoms with Gasteiger partial charge >= 0.3 is 0 Å². The van der Waals surface area contributed by atoms with Gasteiger partial charge in [0.1, 0.15) is 5.65 Å². The first kappa shape index (κ1) is 21.8. The van der Waals surface area contributed by atoms with E-state index >= 15 is 0 Å². The lowest BCUT2D eigenvalue weighted by Crippen LogP contribution is -2.34. The van der Waals surface area contributed by atoms with Gasteiger partial charge in [-0.1, -0.05) is 6.07 Å². The lowest BCUT2D eigenvalue weighted by Gasteiger charge is -2.28. The molecule has 1 amide bonds. The normalized spacial score (nSPS) is 18.5. The summed E-state index contributed by atoms with van der Waals surface area (Å²) >= 11 is 0. The van der Waals surface area contributed by atoms with E-state index in [1.54, 1.807) is 30.5 Å². The zero-order valence-corrected chi connectivity index (χ0v) is 18.2. The highest BCUT2D eigenvalue weighted by Gasteiger charge is 2.25. The molecule has 3 heterocycles. The van der Waals surface area contributed by atoms with Gasteiger partial charge in [0.25, 0.3) is 5.91 Å². The van der Waals surface area contributed by atoms with Crippen molar-refractivity contribution in [2.75, 3.05) is 11.9 Å². The highest BCUT2D eigenvalue weighted by Crippen LogP contribution is 2.37. The van der Waals surface area contributed by atoms with Gasteiger partial charge in [-0.15, -0.1) is 12.4 Å². The number of aromatic nitrogens is 2. The molecule has 0 saturated carbocycles. The van der Waals surface area contributed by atoms with Gasteiger partial charge in [0, 0.05) is 30.2 Å². The number of halogens is 1. The molecule has 6 nitrogen and oxygen atoms in total. The van der Waals surface area contributed by atoms with E-state index < -0.39 is 0 Å². The summed E-state index contributed by atoms with van der Waals surface area (Å²) in [5.74, 6) is 0.244. The highest BCUT2D eigenvalue weighted by atomic mass is 35.5. The van der Waals surface area contributed by atoms with Crippen LogP contribution in [0.3, 0.4) is 0 Å². The number of nitriles is 1. The summed E-state index contributed by atoms with van der Waals surface area (Å²) in [6.07, 6.45) is 6.10. The Balaban J connectivity index is 0.00000256. The largest absolute Gasteiger partial charge is 0.335 e. The second-order valence-corrected chi connectivity index (χ2v) is 7.91. The van der Waals surface area contributed by atoms with Crippen molar-refractivity contribution in [3.05, 3.63) is 58.9 Å². The molecular weight excluding hydrogens is 398 g/mol. The third kappa shape index (κ3) is 4.04. The maximum absolute atomic E-state index is 12.7. The van der Waals surface area contributed by atoms with Crippen molar-refractivity contribution in [1.82, 2.24) is 14.9 Å². The quantitative estimate of drug-likeness (QED) is 0.658. The van der Waals surface area contributed by atoms with Crippen molar-refractivity contribution in [1.29, 1.82) is 5.26 Å². The Morgan fingerprint density at radius 1 is 1.40 bits per heavy atom. The van der Waals surface area contributed by atoms with E-state index in [9.17, 15) is 4.79 Å². The molecule has 0 spiro atoms.